The summed E-state index contributed by atoms with van der Waals surface area (Å²) in [5, 5.41) is 11.2. The van der Waals surface area contributed by atoms with Gasteiger partial charge in [-0.25, -0.2) is 0 Å². The maximum atomic E-state index is 13.8. The highest BCUT2D eigenvalue weighted by atomic mass is 79.9. The van der Waals surface area contributed by atoms with E-state index in [0.29, 0.717) is 61.3 Å². The van der Waals surface area contributed by atoms with Crippen LogP contribution in [0.15, 0.2) is 45.2 Å². The number of carbonyl (C=O) groups is 3. The van der Waals surface area contributed by atoms with Gasteiger partial charge in [-0.05, 0) is 41.9 Å². The van der Waals surface area contributed by atoms with E-state index in [9.17, 15) is 19.5 Å². The number of ketones is 2. The molecule has 0 fully saturated rings. The fraction of sp³-hybridized carbons (Fsp3) is 0.536. The predicted octanol–water partition coefficient (Wildman–Crippen LogP) is 3.91. The number of halogens is 1. The average Bonchev–Trinajstić information content (AvgIpc) is 2.74. The van der Waals surface area contributed by atoms with E-state index >= 15 is 0 Å². The summed E-state index contributed by atoms with van der Waals surface area (Å²) in [5.74, 6) is -1.64. The SMILES string of the molecule is COCCN1C2=C(C(=O)CC(C)(C)C2)C(c2cc(Br)ccc2OCC(=O)[O-])C2=C1CC(C)(C)CC2=O. The number of allylic oxidation sites excluding steroid dienone is 4. The Bertz CT molecular complexity index is 1120. The Kier molecular flexibility index (Phi) is 7.23. The third-order valence-electron chi connectivity index (χ3n) is 7.17. The van der Waals surface area contributed by atoms with E-state index in [1.807, 2.05) is 6.07 Å². The number of Topliss-reactive ketones (excluding diaryl/α,β-unsaturated/α-hetero) is 2. The van der Waals surface area contributed by atoms with Crippen LogP contribution in [0.2, 0.25) is 0 Å². The van der Waals surface area contributed by atoms with Gasteiger partial charge < -0.3 is 24.3 Å². The van der Waals surface area contributed by atoms with Gasteiger partial charge in [-0.2, -0.15) is 0 Å². The van der Waals surface area contributed by atoms with Crippen LogP contribution in [0.4, 0.5) is 0 Å². The zero-order chi connectivity index (χ0) is 26.4. The lowest BCUT2D eigenvalue weighted by Crippen LogP contribution is -2.45. The van der Waals surface area contributed by atoms with E-state index in [1.54, 1.807) is 19.2 Å². The average molecular weight is 559 g/mol. The largest absolute Gasteiger partial charge is 0.546 e. The Balaban J connectivity index is 2.00. The van der Waals surface area contributed by atoms with Gasteiger partial charge in [0.1, 0.15) is 12.4 Å². The van der Waals surface area contributed by atoms with Crippen molar-refractivity contribution in [2.24, 2.45) is 10.8 Å². The molecule has 0 saturated carbocycles. The van der Waals surface area contributed by atoms with Crippen molar-refractivity contribution >= 4 is 33.5 Å². The van der Waals surface area contributed by atoms with Gasteiger partial charge in [-0.1, -0.05) is 43.6 Å². The van der Waals surface area contributed by atoms with Crippen LogP contribution in [0, 0.1) is 10.8 Å². The molecule has 3 aliphatic rings. The molecule has 0 unspecified atom stereocenters. The summed E-state index contributed by atoms with van der Waals surface area (Å²) in [6.45, 7) is 8.73. The van der Waals surface area contributed by atoms with Gasteiger partial charge in [0.2, 0.25) is 0 Å². The fourth-order valence-corrected chi connectivity index (χ4v) is 6.20. The maximum Gasteiger partial charge on any atom is 0.162 e. The maximum absolute atomic E-state index is 13.8. The Morgan fingerprint density at radius 2 is 1.58 bits per heavy atom. The van der Waals surface area contributed by atoms with Gasteiger partial charge >= 0.3 is 0 Å². The number of rotatable bonds is 7. The molecule has 2 aliphatic carbocycles. The van der Waals surface area contributed by atoms with E-state index in [1.165, 1.54) is 0 Å². The molecule has 0 aromatic heterocycles. The standard InChI is InChI=1S/C28H34BrNO6/c1-27(2)11-18-25(20(31)13-27)24(17-10-16(29)6-7-22(17)36-15-23(33)34)26-19(30(18)8-9-35-5)12-28(3,4)14-21(26)32/h6-7,10,24H,8-9,11-15H2,1-5H3,(H,33,34)/p-1. The van der Waals surface area contributed by atoms with Crippen molar-refractivity contribution in [2.75, 3.05) is 26.9 Å². The second kappa shape index (κ2) is 9.78. The molecule has 1 heterocycles. The van der Waals surface area contributed by atoms with E-state index in [4.69, 9.17) is 9.47 Å². The highest BCUT2D eigenvalue weighted by Gasteiger charge is 2.49. The van der Waals surface area contributed by atoms with Gasteiger partial charge in [0.05, 0.1) is 12.6 Å². The minimum Gasteiger partial charge on any atom is -0.546 e. The van der Waals surface area contributed by atoms with Crippen molar-refractivity contribution in [3.8, 4) is 5.75 Å². The zero-order valence-corrected chi connectivity index (χ0v) is 23.1. The molecular formula is C28H33BrNO6-. The molecular weight excluding hydrogens is 526 g/mol. The number of benzene rings is 1. The molecule has 1 aromatic rings. The zero-order valence-electron chi connectivity index (χ0n) is 21.5. The smallest absolute Gasteiger partial charge is 0.162 e. The van der Waals surface area contributed by atoms with Gasteiger partial charge in [0.25, 0.3) is 0 Å². The Hall–Kier alpha value is -2.45. The molecule has 8 heteroatoms. The first kappa shape index (κ1) is 26.6. The molecule has 194 valence electrons. The van der Waals surface area contributed by atoms with Crippen LogP contribution in [0.3, 0.4) is 0 Å². The van der Waals surface area contributed by atoms with Crippen LogP contribution in [0.25, 0.3) is 0 Å². The first-order valence-corrected chi connectivity index (χ1v) is 13.0. The number of ether oxygens (including phenoxy) is 2. The van der Waals surface area contributed by atoms with Crippen LogP contribution in [-0.4, -0.2) is 49.3 Å². The number of hydrogen-bond donors (Lipinski definition) is 0. The number of aliphatic carboxylic acids is 1. The van der Waals surface area contributed by atoms with Crippen LogP contribution in [0.5, 0.6) is 5.75 Å². The second-order valence-corrected chi connectivity index (χ2v) is 12.4. The van der Waals surface area contributed by atoms with E-state index in [-0.39, 0.29) is 22.4 Å². The molecule has 0 bridgehead atoms. The Labute approximate surface area is 220 Å². The monoisotopic (exact) mass is 558 g/mol. The van der Waals surface area contributed by atoms with Gasteiger partial charge in [-0.15, -0.1) is 0 Å². The highest BCUT2D eigenvalue weighted by Crippen LogP contribution is 2.55. The molecule has 0 atom stereocenters. The molecule has 0 radical (unpaired) electrons. The highest BCUT2D eigenvalue weighted by molar-refractivity contribution is 9.10. The first-order valence-electron chi connectivity index (χ1n) is 12.2. The molecule has 1 aromatic carbocycles. The third-order valence-corrected chi connectivity index (χ3v) is 7.66. The molecule has 0 saturated heterocycles. The first-order chi connectivity index (χ1) is 16.8. The lowest BCUT2D eigenvalue weighted by atomic mass is 9.63. The van der Waals surface area contributed by atoms with Crippen molar-refractivity contribution in [3.63, 3.8) is 0 Å². The van der Waals surface area contributed by atoms with E-state index in [2.05, 4.69) is 48.5 Å². The number of hydrogen-bond acceptors (Lipinski definition) is 7. The van der Waals surface area contributed by atoms with Crippen LogP contribution >= 0.6 is 15.9 Å². The second-order valence-electron chi connectivity index (χ2n) is 11.5. The van der Waals surface area contributed by atoms with Crippen LogP contribution in [0.1, 0.15) is 64.9 Å². The summed E-state index contributed by atoms with van der Waals surface area (Å²) in [7, 11) is 1.64. The lowest BCUT2D eigenvalue weighted by molar-refractivity contribution is -0.307. The van der Waals surface area contributed by atoms with Crippen LogP contribution < -0.4 is 9.84 Å². The van der Waals surface area contributed by atoms with Gasteiger partial charge in [0.15, 0.2) is 11.6 Å². The van der Waals surface area contributed by atoms with Gasteiger partial charge in [-0.3, -0.25) is 9.59 Å². The fourth-order valence-electron chi connectivity index (χ4n) is 5.82. The molecule has 1 aliphatic heterocycles. The topological polar surface area (TPSA) is 96.0 Å². The Morgan fingerprint density at radius 1 is 1.03 bits per heavy atom. The number of carboxylic acid groups (broad SMARTS) is 1. The summed E-state index contributed by atoms with van der Waals surface area (Å²) in [6.07, 6.45) is 2.10. The summed E-state index contributed by atoms with van der Waals surface area (Å²) >= 11 is 3.52. The molecule has 0 spiro atoms. The van der Waals surface area contributed by atoms with Crippen molar-refractivity contribution in [1.82, 2.24) is 4.90 Å². The molecule has 7 nitrogen and oxygen atoms in total. The van der Waals surface area contributed by atoms with Gasteiger partial charge in [0, 0.05) is 65.0 Å². The number of nitrogens with zero attached hydrogens (tertiary/aromatic N) is 1. The minimum atomic E-state index is -1.34. The summed E-state index contributed by atoms with van der Waals surface area (Å²) in [4.78, 5) is 41.0. The third kappa shape index (κ3) is 5.16. The summed E-state index contributed by atoms with van der Waals surface area (Å²) in [5.41, 5.74) is 3.20. The molecule has 0 amide bonds. The number of methoxy groups -OCH3 is 1. The molecule has 4 rings (SSSR count). The minimum absolute atomic E-state index is 0.00340. The van der Waals surface area contributed by atoms with Crippen molar-refractivity contribution < 1.29 is 29.0 Å². The van der Waals surface area contributed by atoms with Crippen LogP contribution in [-0.2, 0) is 19.1 Å². The number of carbonyl (C=O) groups excluding carboxylic acids is 3. The van der Waals surface area contributed by atoms with Crippen molar-refractivity contribution in [2.45, 2.75) is 59.3 Å². The van der Waals surface area contributed by atoms with Crippen molar-refractivity contribution in [3.05, 3.63) is 50.8 Å². The van der Waals surface area contributed by atoms with E-state index < -0.39 is 18.5 Å². The molecule has 0 N–H and O–H groups in total. The normalized spacial score (nSPS) is 21.4. The van der Waals surface area contributed by atoms with Crippen molar-refractivity contribution in [1.29, 1.82) is 0 Å². The van der Waals surface area contributed by atoms with E-state index in [0.717, 1.165) is 15.9 Å². The molecule has 36 heavy (non-hydrogen) atoms. The lowest BCUT2D eigenvalue weighted by Gasteiger charge is -2.49. The quantitative estimate of drug-likeness (QED) is 0.500. The predicted molar refractivity (Wildman–Crippen MR) is 136 cm³/mol. The number of carboxylic acids is 1. The Morgan fingerprint density at radius 3 is 2.08 bits per heavy atom. The summed E-state index contributed by atoms with van der Waals surface area (Å²) in [6, 6.07) is 5.26. The summed E-state index contributed by atoms with van der Waals surface area (Å²) < 4.78 is 11.8.